The Morgan fingerprint density at radius 2 is 0.827 bits per heavy atom. The first-order chi connectivity index (χ1) is 22.7. The average molecular weight is 788 g/mol. The molecule has 1 aliphatic carbocycles. The van der Waals surface area contributed by atoms with Gasteiger partial charge in [0.2, 0.25) is 0 Å². The average Bonchev–Trinajstić information content (AvgIpc) is 2.93. The van der Waals surface area contributed by atoms with Gasteiger partial charge in [-0.2, -0.15) is 26.3 Å². The molecule has 297 valence electrons. The largest absolute Gasteiger partial charge is 0.507 e. The van der Waals surface area contributed by atoms with E-state index >= 15 is 0 Å². The van der Waals surface area contributed by atoms with Gasteiger partial charge in [0.05, 0.1) is 12.1 Å². The van der Waals surface area contributed by atoms with E-state index in [4.69, 9.17) is 15.1 Å². The maximum Gasteiger partial charge on any atom is 0.425 e. The second-order valence-electron chi connectivity index (χ2n) is 18.0. The van der Waals surface area contributed by atoms with Crippen LogP contribution < -0.4 is 0 Å². The standard InChI is InChI=1S/C36H54N2O2.C4H4F6O.Co/c1-33(2,3)25-17-23(31(39)27(19-25)35(7,8)9)21-37-29-15-13-14-16-30(29)38-22-24-18-26(34(4,5)6)20-28(32(24)40)36(10,11)12;1-2(11,3(5,6)7)4(8,9)10;/h17-22,29-30,39-40H,13-16H2,1-12H3;11H,1H3;/t29-,30-;;/m0../s1. The molecule has 1 radical (unpaired) electrons. The van der Waals surface area contributed by atoms with Crippen LogP contribution in [0.25, 0.3) is 0 Å². The Kier molecular flexibility index (Phi) is 15.0. The molecular weight excluding hydrogens is 729 g/mol. The normalized spacial score (nSPS) is 18.3. The van der Waals surface area contributed by atoms with Gasteiger partial charge in [0.25, 0.3) is 5.60 Å². The van der Waals surface area contributed by atoms with E-state index < -0.39 is 18.0 Å². The molecular formula is C40H58CoF6N2O3. The Labute approximate surface area is 316 Å². The number of halogens is 6. The molecule has 0 aromatic heterocycles. The molecule has 3 rings (SSSR count). The van der Waals surface area contributed by atoms with Gasteiger partial charge >= 0.3 is 12.4 Å². The summed E-state index contributed by atoms with van der Waals surface area (Å²) in [6.45, 7) is 25.7. The topological polar surface area (TPSA) is 85.4 Å². The van der Waals surface area contributed by atoms with E-state index in [1.54, 1.807) is 0 Å². The molecule has 12 heteroatoms. The van der Waals surface area contributed by atoms with Gasteiger partial charge in [-0.1, -0.05) is 108 Å². The molecule has 1 saturated carbocycles. The predicted octanol–water partition coefficient (Wildman–Crippen LogP) is 11.0. The van der Waals surface area contributed by atoms with Crippen molar-refractivity contribution in [3.05, 3.63) is 57.6 Å². The number of aliphatic imine (C=N–C) groups is 2. The van der Waals surface area contributed by atoms with Crippen molar-refractivity contribution in [3.8, 4) is 11.5 Å². The van der Waals surface area contributed by atoms with Crippen LogP contribution in [0.3, 0.4) is 0 Å². The van der Waals surface area contributed by atoms with Crippen LogP contribution in [0.2, 0.25) is 0 Å². The summed E-state index contributed by atoms with van der Waals surface area (Å²) in [6.07, 6.45) is -3.47. The monoisotopic (exact) mass is 787 g/mol. The van der Waals surface area contributed by atoms with Crippen molar-refractivity contribution in [2.75, 3.05) is 0 Å². The summed E-state index contributed by atoms with van der Waals surface area (Å²) in [4.78, 5) is 10.1. The van der Waals surface area contributed by atoms with Crippen LogP contribution in [0.1, 0.15) is 149 Å². The Hall–Kier alpha value is -2.57. The molecule has 1 fully saturated rings. The fourth-order valence-electron chi connectivity index (χ4n) is 5.47. The Morgan fingerprint density at radius 1 is 0.538 bits per heavy atom. The minimum Gasteiger partial charge on any atom is -0.507 e. The van der Waals surface area contributed by atoms with Crippen LogP contribution >= 0.6 is 0 Å². The van der Waals surface area contributed by atoms with Crippen molar-refractivity contribution in [2.24, 2.45) is 9.98 Å². The first kappa shape index (κ1) is 47.4. The van der Waals surface area contributed by atoms with Crippen LogP contribution in [0, 0.1) is 0 Å². The zero-order chi connectivity index (χ0) is 39.8. The summed E-state index contributed by atoms with van der Waals surface area (Å²) in [6, 6.07) is 8.53. The van der Waals surface area contributed by atoms with Crippen LogP contribution in [-0.4, -0.2) is 57.8 Å². The van der Waals surface area contributed by atoms with Gasteiger partial charge in [0.1, 0.15) is 11.5 Å². The van der Waals surface area contributed by atoms with Crippen molar-refractivity contribution in [1.29, 1.82) is 0 Å². The molecule has 52 heavy (non-hydrogen) atoms. The van der Waals surface area contributed by atoms with E-state index in [2.05, 4.69) is 107 Å². The zero-order valence-electron chi connectivity index (χ0n) is 32.8. The number of rotatable bonds is 4. The summed E-state index contributed by atoms with van der Waals surface area (Å²) in [7, 11) is 0. The summed E-state index contributed by atoms with van der Waals surface area (Å²) >= 11 is 0. The van der Waals surface area contributed by atoms with Crippen molar-refractivity contribution >= 4 is 12.4 Å². The molecule has 2 aromatic carbocycles. The van der Waals surface area contributed by atoms with Gasteiger partial charge < -0.3 is 15.3 Å². The van der Waals surface area contributed by atoms with E-state index in [-0.39, 0.29) is 57.4 Å². The maximum atomic E-state index is 11.4. The molecule has 5 nitrogen and oxygen atoms in total. The van der Waals surface area contributed by atoms with Crippen molar-refractivity contribution < 1.29 is 58.4 Å². The number of hydrogen-bond donors (Lipinski definition) is 3. The third kappa shape index (κ3) is 12.0. The fraction of sp³-hybridized carbons (Fsp3) is 0.650. The molecule has 0 aliphatic heterocycles. The number of phenols is 2. The van der Waals surface area contributed by atoms with E-state index in [9.17, 15) is 36.6 Å². The Morgan fingerprint density at radius 3 is 1.04 bits per heavy atom. The van der Waals surface area contributed by atoms with Crippen LogP contribution in [-0.2, 0) is 38.4 Å². The van der Waals surface area contributed by atoms with E-state index in [0.717, 1.165) is 47.9 Å². The number of aromatic hydroxyl groups is 2. The minimum atomic E-state index is -5.69. The minimum absolute atomic E-state index is 0. The molecule has 1 aliphatic rings. The number of nitrogens with zero attached hydrogens (tertiary/aromatic N) is 2. The molecule has 2 atom stereocenters. The number of benzene rings is 2. The SMILES string of the molecule is CC(C)(C)c1cc(C=N[C@H]2CCCC[C@@H]2N=Cc2cc(C(C)(C)C)cc(C(C)(C)C)c2O)c(O)c(C(C)(C)C)c1.CC(O)(C(F)(F)F)C(F)(F)F.[Co]. The number of hydrogen-bond acceptors (Lipinski definition) is 5. The van der Waals surface area contributed by atoms with E-state index in [1.165, 1.54) is 11.1 Å². The molecule has 0 bridgehead atoms. The zero-order valence-corrected chi connectivity index (χ0v) is 33.8. The molecule has 0 saturated heterocycles. The summed E-state index contributed by atoms with van der Waals surface area (Å²) in [5.74, 6) is 0.637. The predicted molar refractivity (Wildman–Crippen MR) is 195 cm³/mol. The third-order valence-corrected chi connectivity index (χ3v) is 9.23. The second kappa shape index (κ2) is 16.4. The third-order valence-electron chi connectivity index (χ3n) is 9.23. The second-order valence-corrected chi connectivity index (χ2v) is 18.0. The van der Waals surface area contributed by atoms with Crippen LogP contribution in [0.5, 0.6) is 11.5 Å². The molecule has 3 N–H and O–H groups in total. The molecule has 0 spiro atoms. The van der Waals surface area contributed by atoms with E-state index in [0.29, 0.717) is 11.5 Å². The van der Waals surface area contributed by atoms with Gasteiger partial charge in [0.15, 0.2) is 0 Å². The smallest absolute Gasteiger partial charge is 0.425 e. The summed E-state index contributed by atoms with van der Waals surface area (Å²) in [5.41, 5.74) is 0.770. The first-order valence-corrected chi connectivity index (χ1v) is 17.4. The quantitative estimate of drug-likeness (QED) is 0.213. The van der Waals surface area contributed by atoms with Crippen molar-refractivity contribution in [2.45, 2.75) is 167 Å². The fourth-order valence-corrected chi connectivity index (χ4v) is 5.47. The van der Waals surface area contributed by atoms with Crippen LogP contribution in [0.15, 0.2) is 34.3 Å². The number of phenolic OH excluding ortho intramolecular Hbond substituents is 2. The Bertz CT molecular complexity index is 1450. The van der Waals surface area contributed by atoms with Crippen LogP contribution in [0.4, 0.5) is 26.3 Å². The van der Waals surface area contributed by atoms with Crippen molar-refractivity contribution in [3.63, 3.8) is 0 Å². The van der Waals surface area contributed by atoms with Gasteiger partial charge in [0, 0.05) is 51.5 Å². The van der Waals surface area contributed by atoms with Gasteiger partial charge in [-0.05, 0) is 64.7 Å². The summed E-state index contributed by atoms with van der Waals surface area (Å²) in [5, 5.41) is 30.4. The molecule has 0 unspecified atom stereocenters. The Balaban J connectivity index is 0.000000973. The molecule has 2 aromatic rings. The first-order valence-electron chi connectivity index (χ1n) is 17.4. The van der Waals surface area contributed by atoms with Gasteiger partial charge in [-0.25, -0.2) is 0 Å². The molecule has 0 heterocycles. The van der Waals surface area contributed by atoms with Gasteiger partial charge in [-0.3, -0.25) is 9.98 Å². The van der Waals surface area contributed by atoms with E-state index in [1.807, 2.05) is 12.4 Å². The number of aliphatic hydroxyl groups is 1. The molecule has 0 amide bonds. The number of alkyl halides is 6. The van der Waals surface area contributed by atoms with Gasteiger partial charge in [-0.15, -0.1) is 0 Å². The van der Waals surface area contributed by atoms with Crippen molar-refractivity contribution in [1.82, 2.24) is 0 Å². The maximum absolute atomic E-state index is 11.4. The summed E-state index contributed by atoms with van der Waals surface area (Å²) < 4.78 is 68.2.